The number of H-pyrrole nitrogens is 1. The number of anilines is 1. The molecule has 1 aromatic heterocycles. The molecule has 0 atom stereocenters. The summed E-state index contributed by atoms with van der Waals surface area (Å²) in [7, 11) is 0. The van der Waals surface area contributed by atoms with Gasteiger partial charge in [-0.1, -0.05) is 6.07 Å². The van der Waals surface area contributed by atoms with Gasteiger partial charge < -0.3 is 29.0 Å². The Labute approximate surface area is 216 Å². The van der Waals surface area contributed by atoms with Crippen LogP contribution in [0.15, 0.2) is 60.8 Å². The third-order valence-electron chi connectivity index (χ3n) is 7.41. The lowest BCUT2D eigenvalue weighted by molar-refractivity contribution is 0.174. The number of nitrogens with one attached hydrogen (secondary N) is 1. The first kappa shape index (κ1) is 23.7. The number of rotatable bonds is 7. The van der Waals surface area contributed by atoms with Crippen LogP contribution in [-0.2, 0) is 6.42 Å². The Kier molecular flexibility index (Phi) is 6.62. The van der Waals surface area contributed by atoms with Crippen molar-refractivity contribution in [3.8, 4) is 23.0 Å². The highest BCUT2D eigenvalue weighted by Crippen LogP contribution is 2.38. The second kappa shape index (κ2) is 10.3. The Bertz CT molecular complexity index is 1400. The van der Waals surface area contributed by atoms with Gasteiger partial charge in [0.2, 0.25) is 6.79 Å². The highest BCUT2D eigenvalue weighted by atomic mass is 19.1. The Morgan fingerprint density at radius 2 is 1.89 bits per heavy atom. The van der Waals surface area contributed by atoms with Crippen LogP contribution < -0.4 is 19.1 Å². The van der Waals surface area contributed by atoms with Gasteiger partial charge in [-0.15, -0.1) is 0 Å². The summed E-state index contributed by atoms with van der Waals surface area (Å²) < 4.78 is 30.8. The van der Waals surface area contributed by atoms with E-state index in [1.165, 1.54) is 17.3 Å². The SMILES string of the molecule is Cc1c(Oc2ccc3c(c2)OCO3)cccc1N1CCCN(CCCc2c[nH]c3ccc(F)cc23)CC1. The van der Waals surface area contributed by atoms with Gasteiger partial charge in [-0.3, -0.25) is 0 Å². The molecule has 2 aliphatic rings. The number of fused-ring (bicyclic) bond motifs is 2. The molecule has 1 fully saturated rings. The van der Waals surface area contributed by atoms with Gasteiger partial charge >= 0.3 is 0 Å². The topological polar surface area (TPSA) is 50.0 Å². The summed E-state index contributed by atoms with van der Waals surface area (Å²) in [5.74, 6) is 2.89. The minimum absolute atomic E-state index is 0.179. The van der Waals surface area contributed by atoms with Crippen molar-refractivity contribution in [2.24, 2.45) is 0 Å². The van der Waals surface area contributed by atoms with Crippen molar-refractivity contribution in [1.82, 2.24) is 9.88 Å². The smallest absolute Gasteiger partial charge is 0.231 e. The number of hydrogen-bond donors (Lipinski definition) is 1. The van der Waals surface area contributed by atoms with E-state index < -0.39 is 0 Å². The molecule has 3 aromatic carbocycles. The fourth-order valence-corrected chi connectivity index (χ4v) is 5.41. The second-order valence-corrected chi connectivity index (χ2v) is 9.81. The summed E-state index contributed by atoms with van der Waals surface area (Å²) in [6.45, 7) is 7.54. The van der Waals surface area contributed by atoms with Crippen LogP contribution in [0.5, 0.6) is 23.0 Å². The van der Waals surface area contributed by atoms with E-state index in [-0.39, 0.29) is 12.6 Å². The van der Waals surface area contributed by atoms with Crippen LogP contribution in [0.4, 0.5) is 10.1 Å². The first-order chi connectivity index (χ1) is 18.1. The summed E-state index contributed by atoms with van der Waals surface area (Å²) >= 11 is 0. The molecule has 6 rings (SSSR count). The largest absolute Gasteiger partial charge is 0.457 e. The lowest BCUT2D eigenvalue weighted by Gasteiger charge is -2.26. The fraction of sp³-hybridized carbons (Fsp3) is 0.333. The molecule has 3 heterocycles. The van der Waals surface area contributed by atoms with E-state index in [9.17, 15) is 4.39 Å². The van der Waals surface area contributed by atoms with Crippen molar-refractivity contribution in [3.63, 3.8) is 0 Å². The molecule has 0 radical (unpaired) electrons. The van der Waals surface area contributed by atoms with E-state index in [1.54, 1.807) is 6.07 Å². The zero-order valence-corrected chi connectivity index (χ0v) is 21.1. The van der Waals surface area contributed by atoms with Crippen molar-refractivity contribution in [3.05, 3.63) is 77.7 Å². The van der Waals surface area contributed by atoms with Crippen LogP contribution in [0.25, 0.3) is 10.9 Å². The molecule has 7 heteroatoms. The molecule has 1 saturated heterocycles. The Balaban J connectivity index is 1.06. The van der Waals surface area contributed by atoms with Crippen LogP contribution in [0.2, 0.25) is 0 Å². The molecular weight excluding hydrogens is 469 g/mol. The molecule has 1 N–H and O–H groups in total. The predicted octanol–water partition coefficient (Wildman–Crippen LogP) is 6.28. The number of hydrogen-bond acceptors (Lipinski definition) is 5. The molecule has 0 bridgehead atoms. The monoisotopic (exact) mass is 501 g/mol. The summed E-state index contributed by atoms with van der Waals surface area (Å²) in [5, 5.41) is 1.00. The van der Waals surface area contributed by atoms with Gasteiger partial charge in [0, 0.05) is 54.1 Å². The number of nitrogens with zero attached hydrogens (tertiary/aromatic N) is 2. The molecule has 4 aromatic rings. The van der Waals surface area contributed by atoms with Crippen molar-refractivity contribution in [1.29, 1.82) is 0 Å². The number of aromatic amines is 1. The molecule has 0 aliphatic carbocycles. The molecule has 192 valence electrons. The van der Waals surface area contributed by atoms with Crippen molar-refractivity contribution in [2.75, 3.05) is 44.4 Å². The van der Waals surface area contributed by atoms with Crippen LogP contribution in [0, 0.1) is 12.7 Å². The van der Waals surface area contributed by atoms with Gasteiger partial charge in [0.1, 0.15) is 17.3 Å². The van der Waals surface area contributed by atoms with E-state index >= 15 is 0 Å². The summed E-state index contributed by atoms with van der Waals surface area (Å²) in [4.78, 5) is 8.29. The summed E-state index contributed by atoms with van der Waals surface area (Å²) in [5.41, 5.74) is 4.56. The lowest BCUT2D eigenvalue weighted by Crippen LogP contribution is -2.31. The summed E-state index contributed by atoms with van der Waals surface area (Å²) in [6, 6.07) is 16.9. The minimum Gasteiger partial charge on any atom is -0.457 e. The van der Waals surface area contributed by atoms with Gasteiger partial charge in [0.15, 0.2) is 11.5 Å². The molecular formula is C30H32FN3O3. The first-order valence-corrected chi connectivity index (χ1v) is 13.0. The second-order valence-electron chi connectivity index (χ2n) is 9.81. The average Bonchev–Trinajstić information content (AvgIpc) is 3.46. The number of benzene rings is 3. The van der Waals surface area contributed by atoms with Crippen molar-refractivity contribution in [2.45, 2.75) is 26.2 Å². The minimum atomic E-state index is -0.179. The third kappa shape index (κ3) is 5.09. The van der Waals surface area contributed by atoms with Gasteiger partial charge in [0.25, 0.3) is 0 Å². The quantitative estimate of drug-likeness (QED) is 0.323. The lowest BCUT2D eigenvalue weighted by atomic mass is 10.1. The Morgan fingerprint density at radius 1 is 0.973 bits per heavy atom. The number of aryl methyl sites for hydroxylation is 1. The highest BCUT2D eigenvalue weighted by Gasteiger charge is 2.19. The van der Waals surface area contributed by atoms with E-state index in [0.717, 1.165) is 91.5 Å². The normalized spacial score (nSPS) is 15.8. The molecule has 2 aliphatic heterocycles. The molecule has 6 nitrogen and oxygen atoms in total. The molecule has 37 heavy (non-hydrogen) atoms. The summed E-state index contributed by atoms with van der Waals surface area (Å²) in [6.07, 6.45) is 5.14. The molecule has 0 saturated carbocycles. The van der Waals surface area contributed by atoms with E-state index in [2.05, 4.69) is 33.8 Å². The van der Waals surface area contributed by atoms with Gasteiger partial charge in [-0.05, 0) is 87.3 Å². The van der Waals surface area contributed by atoms with Gasteiger partial charge in [0.05, 0.1) is 0 Å². The average molecular weight is 502 g/mol. The molecule has 0 spiro atoms. The van der Waals surface area contributed by atoms with Crippen molar-refractivity contribution < 1.29 is 18.6 Å². The standard InChI is InChI=1S/C30H32FN3O3/c1-21-27(6-2-7-28(21)37-24-9-11-29-30(18-24)36-20-35-29)34-14-4-13-33(15-16-34)12-3-5-22-19-32-26-10-8-23(31)17-25(22)26/h2,6-11,17-19,32H,3-5,12-16,20H2,1H3. The maximum atomic E-state index is 13.7. The van der Waals surface area contributed by atoms with Crippen LogP contribution in [-0.4, -0.2) is 49.4 Å². The molecule has 0 amide bonds. The zero-order chi connectivity index (χ0) is 25.2. The highest BCUT2D eigenvalue weighted by molar-refractivity contribution is 5.83. The molecule has 0 unspecified atom stereocenters. The van der Waals surface area contributed by atoms with Gasteiger partial charge in [-0.25, -0.2) is 4.39 Å². The van der Waals surface area contributed by atoms with Crippen LogP contribution in [0.3, 0.4) is 0 Å². The van der Waals surface area contributed by atoms with E-state index in [1.807, 2.05) is 36.5 Å². The predicted molar refractivity (Wildman–Crippen MR) is 144 cm³/mol. The van der Waals surface area contributed by atoms with E-state index in [0.29, 0.717) is 0 Å². The maximum absolute atomic E-state index is 13.7. The van der Waals surface area contributed by atoms with Crippen molar-refractivity contribution >= 4 is 16.6 Å². The van der Waals surface area contributed by atoms with Gasteiger partial charge in [-0.2, -0.15) is 0 Å². The fourth-order valence-electron chi connectivity index (χ4n) is 5.41. The number of ether oxygens (including phenoxy) is 3. The van der Waals surface area contributed by atoms with E-state index in [4.69, 9.17) is 14.2 Å². The number of halogens is 1. The third-order valence-corrected chi connectivity index (χ3v) is 7.41. The Morgan fingerprint density at radius 3 is 2.84 bits per heavy atom. The first-order valence-electron chi connectivity index (χ1n) is 13.0. The maximum Gasteiger partial charge on any atom is 0.231 e. The zero-order valence-electron chi connectivity index (χ0n) is 21.1. The van der Waals surface area contributed by atoms with Crippen LogP contribution in [0.1, 0.15) is 24.0 Å². The van der Waals surface area contributed by atoms with Crippen LogP contribution >= 0.6 is 0 Å². The Hall–Kier alpha value is -3.71. The number of aromatic nitrogens is 1.